The average Bonchev–Trinajstić information content (AvgIpc) is 2.16. The van der Waals surface area contributed by atoms with Crippen molar-refractivity contribution in [2.24, 2.45) is 0 Å². The van der Waals surface area contributed by atoms with Crippen molar-refractivity contribution in [2.45, 2.75) is 25.2 Å². The van der Waals surface area contributed by atoms with Crippen LogP contribution in [0.4, 0.5) is 4.39 Å². The second-order valence-corrected chi connectivity index (χ2v) is 4.24. The van der Waals surface area contributed by atoms with Gasteiger partial charge in [0.25, 0.3) is 0 Å². The van der Waals surface area contributed by atoms with E-state index in [9.17, 15) is 9.18 Å². The van der Waals surface area contributed by atoms with Gasteiger partial charge >= 0.3 is 5.69 Å². The molecule has 1 saturated carbocycles. The molecule has 3 nitrogen and oxygen atoms in total. The van der Waals surface area contributed by atoms with Gasteiger partial charge in [0.2, 0.25) is 0 Å². The third kappa shape index (κ3) is 1.41. The third-order valence-corrected chi connectivity index (χ3v) is 3.23. The lowest BCUT2D eigenvalue weighted by Crippen LogP contribution is -2.19. The first-order chi connectivity index (χ1) is 7.74. The minimum Gasteiger partial charge on any atom is -0.309 e. The van der Waals surface area contributed by atoms with Crippen molar-refractivity contribution >= 4 is 10.9 Å². The maximum atomic E-state index is 13.2. The van der Waals surface area contributed by atoms with Crippen molar-refractivity contribution in [1.82, 2.24) is 9.97 Å². The molecule has 0 radical (unpaired) electrons. The number of nitrogens with one attached hydrogen (secondary N) is 1. The van der Waals surface area contributed by atoms with E-state index in [-0.39, 0.29) is 11.5 Å². The number of aromatic nitrogens is 2. The molecule has 1 aliphatic rings. The molecule has 1 N–H and O–H groups in total. The van der Waals surface area contributed by atoms with Crippen LogP contribution >= 0.6 is 0 Å². The molecular formula is C12H11FN2O. The van der Waals surface area contributed by atoms with Crippen molar-refractivity contribution < 1.29 is 4.39 Å². The Labute approximate surface area is 91.3 Å². The summed E-state index contributed by atoms with van der Waals surface area (Å²) in [5, 5.41) is 0.740. The predicted molar refractivity (Wildman–Crippen MR) is 58.9 cm³/mol. The Kier molecular flexibility index (Phi) is 2.02. The van der Waals surface area contributed by atoms with E-state index in [4.69, 9.17) is 0 Å². The molecule has 0 unspecified atom stereocenters. The summed E-state index contributed by atoms with van der Waals surface area (Å²) in [6.45, 7) is 0. The molecule has 4 heteroatoms. The Morgan fingerprint density at radius 3 is 2.88 bits per heavy atom. The van der Waals surface area contributed by atoms with Gasteiger partial charge in [0.1, 0.15) is 5.82 Å². The van der Waals surface area contributed by atoms with E-state index in [1.807, 2.05) is 0 Å². The molecule has 0 aliphatic heterocycles. The van der Waals surface area contributed by atoms with Crippen molar-refractivity contribution in [3.05, 3.63) is 40.2 Å². The normalized spacial score (nSPS) is 16.3. The van der Waals surface area contributed by atoms with Gasteiger partial charge in [0.15, 0.2) is 0 Å². The zero-order chi connectivity index (χ0) is 11.1. The molecule has 0 atom stereocenters. The SMILES string of the molecule is O=c1nc2ccc(F)cc2c(C2CCC2)[nH]1. The van der Waals surface area contributed by atoms with Gasteiger partial charge < -0.3 is 4.98 Å². The number of benzene rings is 1. The summed E-state index contributed by atoms with van der Waals surface area (Å²) in [4.78, 5) is 18.0. The summed E-state index contributed by atoms with van der Waals surface area (Å²) in [6.07, 6.45) is 3.29. The van der Waals surface area contributed by atoms with Crippen molar-refractivity contribution in [1.29, 1.82) is 0 Å². The van der Waals surface area contributed by atoms with Crippen LogP contribution < -0.4 is 5.69 Å². The maximum absolute atomic E-state index is 13.2. The summed E-state index contributed by atoms with van der Waals surface area (Å²) in [6, 6.07) is 4.34. The van der Waals surface area contributed by atoms with Crippen LogP contribution in [-0.4, -0.2) is 9.97 Å². The highest BCUT2D eigenvalue weighted by atomic mass is 19.1. The molecule has 0 saturated heterocycles. The van der Waals surface area contributed by atoms with E-state index in [2.05, 4.69) is 9.97 Å². The third-order valence-electron chi connectivity index (χ3n) is 3.23. The molecule has 1 fully saturated rings. The minimum atomic E-state index is -0.346. The van der Waals surface area contributed by atoms with E-state index in [1.54, 1.807) is 6.07 Å². The van der Waals surface area contributed by atoms with Crippen LogP contribution in [-0.2, 0) is 0 Å². The largest absolute Gasteiger partial charge is 0.345 e. The van der Waals surface area contributed by atoms with Crippen molar-refractivity contribution in [3.8, 4) is 0 Å². The molecule has 3 rings (SSSR count). The summed E-state index contributed by atoms with van der Waals surface area (Å²) in [7, 11) is 0. The van der Waals surface area contributed by atoms with E-state index >= 15 is 0 Å². The second-order valence-electron chi connectivity index (χ2n) is 4.24. The summed E-state index contributed by atoms with van der Waals surface area (Å²) >= 11 is 0. The smallest absolute Gasteiger partial charge is 0.309 e. The maximum Gasteiger partial charge on any atom is 0.345 e. The Morgan fingerprint density at radius 1 is 1.38 bits per heavy atom. The van der Waals surface area contributed by atoms with E-state index < -0.39 is 0 Å². The Bertz CT molecular complexity index is 601. The van der Waals surface area contributed by atoms with Gasteiger partial charge in [-0.05, 0) is 37.0 Å². The Balaban J connectivity index is 2.31. The zero-order valence-electron chi connectivity index (χ0n) is 8.66. The molecule has 1 aliphatic carbocycles. The summed E-state index contributed by atoms with van der Waals surface area (Å²) < 4.78 is 13.2. The highest BCUT2D eigenvalue weighted by Gasteiger charge is 2.23. The highest BCUT2D eigenvalue weighted by molar-refractivity contribution is 5.81. The van der Waals surface area contributed by atoms with Gasteiger partial charge in [-0.25, -0.2) is 9.18 Å². The van der Waals surface area contributed by atoms with Gasteiger partial charge in [0.05, 0.1) is 5.52 Å². The highest BCUT2D eigenvalue weighted by Crippen LogP contribution is 2.37. The van der Waals surface area contributed by atoms with E-state index in [0.29, 0.717) is 11.4 Å². The predicted octanol–water partition coefficient (Wildman–Crippen LogP) is 2.33. The van der Waals surface area contributed by atoms with Gasteiger partial charge in [-0.15, -0.1) is 0 Å². The molecule has 1 heterocycles. The number of nitrogens with zero attached hydrogens (tertiary/aromatic N) is 1. The van der Waals surface area contributed by atoms with Gasteiger partial charge in [-0.2, -0.15) is 4.98 Å². The topological polar surface area (TPSA) is 45.8 Å². The van der Waals surface area contributed by atoms with Crippen LogP contribution in [0.3, 0.4) is 0 Å². The van der Waals surface area contributed by atoms with Crippen LogP contribution in [0.15, 0.2) is 23.0 Å². The molecular weight excluding hydrogens is 207 g/mol. The molecule has 82 valence electrons. The fourth-order valence-corrected chi connectivity index (χ4v) is 2.16. The lowest BCUT2D eigenvalue weighted by Gasteiger charge is -2.26. The average molecular weight is 218 g/mol. The molecule has 0 spiro atoms. The Morgan fingerprint density at radius 2 is 2.19 bits per heavy atom. The number of halogens is 1. The van der Waals surface area contributed by atoms with Crippen LogP contribution in [0, 0.1) is 5.82 Å². The second kappa shape index (κ2) is 3.40. The fourth-order valence-electron chi connectivity index (χ4n) is 2.16. The van der Waals surface area contributed by atoms with Gasteiger partial charge in [-0.3, -0.25) is 0 Å². The lowest BCUT2D eigenvalue weighted by molar-refractivity contribution is 0.413. The first kappa shape index (κ1) is 9.51. The fraction of sp³-hybridized carbons (Fsp3) is 0.333. The van der Waals surface area contributed by atoms with E-state index in [0.717, 1.165) is 23.9 Å². The minimum absolute atomic E-state index is 0.290. The van der Waals surface area contributed by atoms with E-state index in [1.165, 1.54) is 18.6 Å². The zero-order valence-corrected chi connectivity index (χ0v) is 8.66. The quantitative estimate of drug-likeness (QED) is 0.798. The molecule has 0 amide bonds. The van der Waals surface area contributed by atoms with Crippen LogP contribution in [0.25, 0.3) is 10.9 Å². The van der Waals surface area contributed by atoms with Crippen LogP contribution in [0.5, 0.6) is 0 Å². The standard InChI is InChI=1S/C12H11FN2O/c13-8-4-5-10-9(6-8)11(7-2-1-3-7)15-12(16)14-10/h4-7H,1-3H2,(H,14,15,16). The van der Waals surface area contributed by atoms with Gasteiger partial charge in [0, 0.05) is 11.1 Å². The Hall–Kier alpha value is -1.71. The summed E-state index contributed by atoms with van der Waals surface area (Å²) in [5.41, 5.74) is 1.08. The van der Waals surface area contributed by atoms with Crippen molar-refractivity contribution in [2.75, 3.05) is 0 Å². The van der Waals surface area contributed by atoms with Crippen LogP contribution in [0.1, 0.15) is 30.9 Å². The monoisotopic (exact) mass is 218 g/mol. The molecule has 1 aromatic heterocycles. The van der Waals surface area contributed by atoms with Gasteiger partial charge in [-0.1, -0.05) is 6.42 Å². The first-order valence-corrected chi connectivity index (χ1v) is 5.43. The molecule has 1 aromatic carbocycles. The number of hydrogen-bond acceptors (Lipinski definition) is 2. The number of H-pyrrole nitrogens is 1. The molecule has 2 aromatic rings. The number of hydrogen-bond donors (Lipinski definition) is 1. The van der Waals surface area contributed by atoms with Crippen LogP contribution in [0.2, 0.25) is 0 Å². The number of aromatic amines is 1. The lowest BCUT2D eigenvalue weighted by atomic mass is 9.81. The number of fused-ring (bicyclic) bond motifs is 1. The molecule has 16 heavy (non-hydrogen) atoms. The number of rotatable bonds is 1. The van der Waals surface area contributed by atoms with Crippen molar-refractivity contribution in [3.63, 3.8) is 0 Å². The first-order valence-electron chi connectivity index (χ1n) is 5.43. The summed E-state index contributed by atoms with van der Waals surface area (Å²) in [5.74, 6) is 0.0712. The molecule has 0 bridgehead atoms.